The Morgan fingerprint density at radius 2 is 2.11 bits per heavy atom. The van der Waals surface area contributed by atoms with E-state index in [1.807, 2.05) is 14.1 Å². The first-order valence-electron chi connectivity index (χ1n) is 6.72. The molecule has 0 heterocycles. The van der Waals surface area contributed by atoms with E-state index in [2.05, 4.69) is 17.1 Å². The second kappa shape index (κ2) is 7.74. The maximum absolute atomic E-state index is 10.8. The largest absolute Gasteiger partial charge is 0.388 e. The zero-order valence-corrected chi connectivity index (χ0v) is 12.0. The van der Waals surface area contributed by atoms with E-state index in [9.17, 15) is 10.1 Å². The van der Waals surface area contributed by atoms with Gasteiger partial charge < -0.3 is 10.2 Å². The molecule has 0 aliphatic carbocycles. The van der Waals surface area contributed by atoms with Crippen LogP contribution >= 0.6 is 0 Å². The highest BCUT2D eigenvalue weighted by Crippen LogP contribution is 2.23. The first-order valence-corrected chi connectivity index (χ1v) is 6.72. The van der Waals surface area contributed by atoms with Gasteiger partial charge in [-0.1, -0.05) is 19.8 Å². The second-order valence-electron chi connectivity index (χ2n) is 4.79. The van der Waals surface area contributed by atoms with Crippen molar-refractivity contribution in [2.75, 3.05) is 26.0 Å². The summed E-state index contributed by atoms with van der Waals surface area (Å²) >= 11 is 0. The lowest BCUT2D eigenvalue weighted by atomic mass is 10.1. The Morgan fingerprint density at radius 1 is 1.37 bits per heavy atom. The van der Waals surface area contributed by atoms with Crippen molar-refractivity contribution in [3.63, 3.8) is 0 Å². The quantitative estimate of drug-likeness (QED) is 0.445. The number of rotatable bonds is 8. The molecule has 5 nitrogen and oxygen atoms in total. The lowest BCUT2D eigenvalue weighted by Crippen LogP contribution is -2.19. The molecular weight excluding hydrogens is 242 g/mol. The highest BCUT2D eigenvalue weighted by molar-refractivity contribution is 5.55. The lowest BCUT2D eigenvalue weighted by molar-refractivity contribution is -0.384. The Morgan fingerprint density at radius 3 is 2.68 bits per heavy atom. The van der Waals surface area contributed by atoms with Crippen molar-refractivity contribution in [1.82, 2.24) is 4.90 Å². The van der Waals surface area contributed by atoms with E-state index in [0.717, 1.165) is 30.8 Å². The number of hydrogen-bond donors (Lipinski definition) is 1. The molecule has 0 spiro atoms. The summed E-state index contributed by atoms with van der Waals surface area (Å²) in [5.74, 6) is 0. The van der Waals surface area contributed by atoms with Crippen molar-refractivity contribution < 1.29 is 4.92 Å². The molecule has 0 unspecified atom stereocenters. The zero-order chi connectivity index (χ0) is 14.3. The number of nitro groups is 1. The topological polar surface area (TPSA) is 58.4 Å². The van der Waals surface area contributed by atoms with Gasteiger partial charge in [0.1, 0.15) is 0 Å². The van der Waals surface area contributed by atoms with Gasteiger partial charge in [-0.3, -0.25) is 10.1 Å². The number of nitrogens with zero attached hydrogens (tertiary/aromatic N) is 2. The SMILES string of the molecule is CCCCCN(C)Cc1cc([N+](=O)[O-])ccc1NC. The van der Waals surface area contributed by atoms with E-state index in [-0.39, 0.29) is 10.6 Å². The van der Waals surface area contributed by atoms with Crippen molar-refractivity contribution in [1.29, 1.82) is 0 Å². The standard InChI is InChI=1S/C14H23N3O2/c1-4-5-6-9-16(3)11-12-10-13(17(18)19)7-8-14(12)15-2/h7-8,10,15H,4-6,9,11H2,1-3H3. The van der Waals surface area contributed by atoms with Crippen LogP contribution in [0.15, 0.2) is 18.2 Å². The smallest absolute Gasteiger partial charge is 0.269 e. The predicted octanol–water partition coefficient (Wildman–Crippen LogP) is 3.26. The van der Waals surface area contributed by atoms with E-state index in [0.29, 0.717) is 0 Å². The van der Waals surface area contributed by atoms with Crippen LogP contribution in [0, 0.1) is 10.1 Å². The molecule has 1 rings (SSSR count). The fourth-order valence-electron chi connectivity index (χ4n) is 2.07. The molecule has 0 aliphatic heterocycles. The van der Waals surface area contributed by atoms with Crippen molar-refractivity contribution in [3.05, 3.63) is 33.9 Å². The molecule has 0 atom stereocenters. The van der Waals surface area contributed by atoms with Crippen LogP contribution in [0.4, 0.5) is 11.4 Å². The summed E-state index contributed by atoms with van der Waals surface area (Å²) in [5, 5.41) is 13.9. The highest BCUT2D eigenvalue weighted by atomic mass is 16.6. The van der Waals surface area contributed by atoms with Crippen LogP contribution in [0.2, 0.25) is 0 Å². The molecule has 1 aromatic carbocycles. The van der Waals surface area contributed by atoms with Gasteiger partial charge in [0.15, 0.2) is 0 Å². The van der Waals surface area contributed by atoms with Crippen LogP contribution in [0.5, 0.6) is 0 Å². The summed E-state index contributed by atoms with van der Waals surface area (Å²) in [7, 11) is 3.88. The Kier molecular flexibility index (Phi) is 6.29. The van der Waals surface area contributed by atoms with Gasteiger partial charge in [-0.15, -0.1) is 0 Å². The molecule has 0 aliphatic rings. The van der Waals surface area contributed by atoms with E-state index in [1.54, 1.807) is 12.1 Å². The Labute approximate surface area is 114 Å². The summed E-state index contributed by atoms with van der Waals surface area (Å²) < 4.78 is 0. The molecule has 106 valence electrons. The van der Waals surface area contributed by atoms with Gasteiger partial charge in [0.2, 0.25) is 0 Å². The number of unbranched alkanes of at least 4 members (excludes halogenated alkanes) is 2. The molecule has 0 bridgehead atoms. The number of anilines is 1. The fraction of sp³-hybridized carbons (Fsp3) is 0.571. The van der Waals surface area contributed by atoms with Gasteiger partial charge in [-0.25, -0.2) is 0 Å². The third-order valence-corrected chi connectivity index (χ3v) is 3.15. The van der Waals surface area contributed by atoms with Crippen LogP contribution in [0.1, 0.15) is 31.7 Å². The fourth-order valence-corrected chi connectivity index (χ4v) is 2.07. The van der Waals surface area contributed by atoms with Gasteiger partial charge in [-0.2, -0.15) is 0 Å². The normalized spacial score (nSPS) is 10.7. The third-order valence-electron chi connectivity index (χ3n) is 3.15. The summed E-state index contributed by atoms with van der Waals surface area (Å²) in [4.78, 5) is 12.7. The number of nitro benzene ring substituents is 1. The van der Waals surface area contributed by atoms with Gasteiger partial charge in [0.05, 0.1) is 4.92 Å². The molecule has 1 aromatic rings. The lowest BCUT2D eigenvalue weighted by Gasteiger charge is -2.18. The molecular formula is C14H23N3O2. The van der Waals surface area contributed by atoms with Crippen LogP contribution in [-0.4, -0.2) is 30.5 Å². The first-order chi connectivity index (χ1) is 9.08. The van der Waals surface area contributed by atoms with E-state index in [1.165, 1.54) is 18.9 Å². The Bertz CT molecular complexity index is 421. The van der Waals surface area contributed by atoms with E-state index in [4.69, 9.17) is 0 Å². The maximum atomic E-state index is 10.8. The number of non-ortho nitro benzene ring substituents is 1. The molecule has 5 heteroatoms. The average Bonchev–Trinajstić information content (AvgIpc) is 2.38. The van der Waals surface area contributed by atoms with Crippen molar-refractivity contribution >= 4 is 11.4 Å². The zero-order valence-electron chi connectivity index (χ0n) is 12.0. The minimum Gasteiger partial charge on any atom is -0.388 e. The molecule has 0 saturated carbocycles. The van der Waals surface area contributed by atoms with Crippen LogP contribution in [0.25, 0.3) is 0 Å². The molecule has 0 radical (unpaired) electrons. The summed E-state index contributed by atoms with van der Waals surface area (Å²) in [6.07, 6.45) is 3.58. The molecule has 19 heavy (non-hydrogen) atoms. The highest BCUT2D eigenvalue weighted by Gasteiger charge is 2.11. The molecule has 0 amide bonds. The Hall–Kier alpha value is -1.62. The summed E-state index contributed by atoms with van der Waals surface area (Å²) in [6, 6.07) is 4.96. The number of benzene rings is 1. The van der Waals surface area contributed by atoms with Crippen molar-refractivity contribution in [3.8, 4) is 0 Å². The average molecular weight is 265 g/mol. The van der Waals surface area contributed by atoms with Gasteiger partial charge in [-0.05, 0) is 31.6 Å². The number of hydrogen-bond acceptors (Lipinski definition) is 4. The van der Waals surface area contributed by atoms with Crippen molar-refractivity contribution in [2.24, 2.45) is 0 Å². The minimum absolute atomic E-state index is 0.149. The first kappa shape index (κ1) is 15.4. The summed E-state index contributed by atoms with van der Waals surface area (Å²) in [6.45, 7) is 3.92. The van der Waals surface area contributed by atoms with Crippen LogP contribution in [-0.2, 0) is 6.54 Å². The maximum Gasteiger partial charge on any atom is 0.269 e. The number of nitrogens with one attached hydrogen (secondary N) is 1. The molecule has 0 fully saturated rings. The second-order valence-corrected chi connectivity index (χ2v) is 4.79. The van der Waals surface area contributed by atoms with Crippen LogP contribution < -0.4 is 5.32 Å². The predicted molar refractivity (Wildman–Crippen MR) is 78.5 cm³/mol. The molecule has 1 N–H and O–H groups in total. The van der Waals surface area contributed by atoms with Gasteiger partial charge in [0, 0.05) is 31.4 Å². The monoisotopic (exact) mass is 265 g/mol. The van der Waals surface area contributed by atoms with Gasteiger partial charge in [0.25, 0.3) is 5.69 Å². The molecule has 0 aromatic heterocycles. The molecule has 0 saturated heterocycles. The third kappa shape index (κ3) is 4.87. The summed E-state index contributed by atoms with van der Waals surface area (Å²) in [5.41, 5.74) is 2.07. The van der Waals surface area contributed by atoms with Gasteiger partial charge >= 0.3 is 0 Å². The van der Waals surface area contributed by atoms with E-state index >= 15 is 0 Å². The Balaban J connectivity index is 2.74. The van der Waals surface area contributed by atoms with Crippen LogP contribution in [0.3, 0.4) is 0 Å². The van der Waals surface area contributed by atoms with E-state index < -0.39 is 0 Å². The minimum atomic E-state index is -0.347. The van der Waals surface area contributed by atoms with Crippen molar-refractivity contribution in [2.45, 2.75) is 32.7 Å².